The maximum atomic E-state index is 13.4. The number of benzene rings is 1. The largest absolute Gasteiger partial charge is 0.496 e. The van der Waals surface area contributed by atoms with Crippen molar-refractivity contribution < 1.29 is 23.4 Å². The number of carbonyl (C=O) groups is 1. The fourth-order valence-electron chi connectivity index (χ4n) is 3.52. The molecule has 2 fully saturated rings. The van der Waals surface area contributed by atoms with Crippen LogP contribution in [0.15, 0.2) is 18.2 Å². The molecule has 4 atom stereocenters. The van der Waals surface area contributed by atoms with Gasteiger partial charge < -0.3 is 19.5 Å². The van der Waals surface area contributed by atoms with Gasteiger partial charge in [-0.25, -0.2) is 4.39 Å². The van der Waals surface area contributed by atoms with E-state index in [0.29, 0.717) is 24.9 Å². The first-order valence-electron chi connectivity index (χ1n) is 7.40. The average Bonchev–Trinajstić information content (AvgIpc) is 2.94. The Morgan fingerprint density at radius 3 is 3.00 bits per heavy atom. The van der Waals surface area contributed by atoms with Crippen molar-refractivity contribution in [2.45, 2.75) is 18.6 Å². The number of hydrogen-bond acceptors (Lipinski definition) is 4. The molecule has 1 heterocycles. The molecule has 2 aliphatic rings. The highest BCUT2D eigenvalue weighted by Crippen LogP contribution is 2.44. The van der Waals surface area contributed by atoms with Crippen molar-refractivity contribution in [3.05, 3.63) is 29.6 Å². The number of amides is 1. The second-order valence-corrected chi connectivity index (χ2v) is 5.75. The quantitative estimate of drug-likeness (QED) is 0.898. The van der Waals surface area contributed by atoms with Gasteiger partial charge in [0.05, 0.1) is 25.4 Å². The second kappa shape index (κ2) is 6.22. The molecule has 120 valence electrons. The normalized spacial score (nSPS) is 29.6. The van der Waals surface area contributed by atoms with Gasteiger partial charge in [0.15, 0.2) is 0 Å². The Bertz CT molecular complexity index is 565. The Labute approximate surface area is 128 Å². The van der Waals surface area contributed by atoms with Crippen LogP contribution in [-0.2, 0) is 9.47 Å². The first-order valence-corrected chi connectivity index (χ1v) is 7.40. The molecule has 1 aliphatic carbocycles. The highest BCUT2D eigenvalue weighted by molar-refractivity contribution is 5.97. The van der Waals surface area contributed by atoms with Crippen LogP contribution in [0.3, 0.4) is 0 Å². The number of ether oxygens (including phenoxy) is 3. The van der Waals surface area contributed by atoms with Crippen LogP contribution < -0.4 is 10.1 Å². The number of hydrogen-bond donors (Lipinski definition) is 1. The lowest BCUT2D eigenvalue weighted by atomic mass is 9.67. The number of carbonyl (C=O) groups excluding carboxylic acids is 1. The standard InChI is InChI=1S/C16H20FNO4/c1-20-8-12-14(10-5-6-22-15(10)12)18-16(19)11-7-9(17)3-4-13(11)21-2/h3-4,7,10,12,14-15H,5-6,8H2,1-2H3,(H,18,19)/t10-,12-,14-,15-/m0/s1. The topological polar surface area (TPSA) is 56.8 Å². The van der Waals surface area contributed by atoms with E-state index >= 15 is 0 Å². The van der Waals surface area contributed by atoms with Crippen LogP contribution in [0.2, 0.25) is 0 Å². The van der Waals surface area contributed by atoms with Gasteiger partial charge in [0.2, 0.25) is 0 Å². The summed E-state index contributed by atoms with van der Waals surface area (Å²) in [5.74, 6) is 0.0216. The molecule has 3 rings (SSSR count). The molecule has 0 radical (unpaired) electrons. The number of methoxy groups -OCH3 is 2. The van der Waals surface area contributed by atoms with Gasteiger partial charge in [-0.1, -0.05) is 0 Å². The Kier molecular flexibility index (Phi) is 4.31. The third-order valence-corrected chi connectivity index (χ3v) is 4.59. The van der Waals surface area contributed by atoms with Gasteiger partial charge in [-0.15, -0.1) is 0 Å². The van der Waals surface area contributed by atoms with Crippen molar-refractivity contribution in [2.75, 3.05) is 27.4 Å². The van der Waals surface area contributed by atoms with Crippen LogP contribution in [-0.4, -0.2) is 45.5 Å². The van der Waals surface area contributed by atoms with Crippen molar-refractivity contribution in [3.8, 4) is 5.75 Å². The average molecular weight is 309 g/mol. The van der Waals surface area contributed by atoms with Gasteiger partial charge in [0.1, 0.15) is 11.6 Å². The number of fused-ring (bicyclic) bond motifs is 1. The minimum absolute atomic E-state index is 0.00655. The van der Waals surface area contributed by atoms with Crippen molar-refractivity contribution in [2.24, 2.45) is 11.8 Å². The second-order valence-electron chi connectivity index (χ2n) is 5.75. The van der Waals surface area contributed by atoms with Crippen molar-refractivity contribution in [3.63, 3.8) is 0 Å². The zero-order valence-electron chi connectivity index (χ0n) is 12.7. The Morgan fingerprint density at radius 1 is 1.45 bits per heavy atom. The zero-order valence-corrected chi connectivity index (χ0v) is 12.7. The third-order valence-electron chi connectivity index (χ3n) is 4.59. The lowest BCUT2D eigenvalue weighted by Gasteiger charge is -2.47. The van der Waals surface area contributed by atoms with Gasteiger partial charge in [0.25, 0.3) is 5.91 Å². The molecule has 0 bridgehead atoms. The summed E-state index contributed by atoms with van der Waals surface area (Å²) < 4.78 is 29.5. The third kappa shape index (κ3) is 2.57. The molecule has 0 aromatic heterocycles. The molecule has 1 saturated heterocycles. The van der Waals surface area contributed by atoms with Crippen molar-refractivity contribution in [1.82, 2.24) is 5.32 Å². The Morgan fingerprint density at radius 2 is 2.27 bits per heavy atom. The predicted molar refractivity (Wildman–Crippen MR) is 77.4 cm³/mol. The molecule has 5 nitrogen and oxygen atoms in total. The smallest absolute Gasteiger partial charge is 0.255 e. The van der Waals surface area contributed by atoms with Gasteiger partial charge in [-0.3, -0.25) is 4.79 Å². The van der Waals surface area contributed by atoms with E-state index in [9.17, 15) is 9.18 Å². The molecule has 22 heavy (non-hydrogen) atoms. The first-order chi connectivity index (χ1) is 10.7. The van der Waals surface area contributed by atoms with Crippen LogP contribution in [0.1, 0.15) is 16.8 Å². The van der Waals surface area contributed by atoms with E-state index in [-0.39, 0.29) is 29.5 Å². The number of halogens is 1. The first kappa shape index (κ1) is 15.2. The SMILES string of the molecule is COC[C@H]1[C@@H](NC(=O)c2cc(F)ccc2OC)[C@@H]2CCO[C@@H]21. The minimum atomic E-state index is -0.463. The summed E-state index contributed by atoms with van der Waals surface area (Å²) in [6, 6.07) is 3.92. The summed E-state index contributed by atoms with van der Waals surface area (Å²) in [6.45, 7) is 1.25. The van der Waals surface area contributed by atoms with Crippen LogP contribution in [0.5, 0.6) is 5.75 Å². The maximum Gasteiger partial charge on any atom is 0.255 e. The van der Waals surface area contributed by atoms with Crippen LogP contribution >= 0.6 is 0 Å². The number of rotatable bonds is 5. The summed E-state index contributed by atoms with van der Waals surface area (Å²) in [5.41, 5.74) is 0.209. The fraction of sp³-hybridized carbons (Fsp3) is 0.562. The molecule has 0 spiro atoms. The van der Waals surface area contributed by atoms with E-state index in [1.807, 2.05) is 0 Å². The Hall–Kier alpha value is -1.66. The number of nitrogens with one attached hydrogen (secondary N) is 1. The molecule has 1 aromatic carbocycles. The zero-order chi connectivity index (χ0) is 15.7. The molecule has 1 N–H and O–H groups in total. The molecule has 1 saturated carbocycles. The van der Waals surface area contributed by atoms with E-state index in [4.69, 9.17) is 14.2 Å². The highest BCUT2D eigenvalue weighted by Gasteiger charge is 2.54. The molecule has 0 unspecified atom stereocenters. The highest BCUT2D eigenvalue weighted by atomic mass is 19.1. The predicted octanol–water partition coefficient (Wildman–Crippen LogP) is 1.61. The molecular formula is C16H20FNO4. The van der Waals surface area contributed by atoms with E-state index < -0.39 is 5.82 Å². The molecular weight excluding hydrogens is 289 g/mol. The van der Waals surface area contributed by atoms with E-state index in [1.165, 1.54) is 25.3 Å². The van der Waals surface area contributed by atoms with Crippen LogP contribution in [0, 0.1) is 17.7 Å². The van der Waals surface area contributed by atoms with Gasteiger partial charge in [-0.05, 0) is 24.6 Å². The summed E-state index contributed by atoms with van der Waals surface area (Å²) >= 11 is 0. The molecule has 6 heteroatoms. The monoisotopic (exact) mass is 309 g/mol. The van der Waals surface area contributed by atoms with E-state index in [0.717, 1.165) is 6.42 Å². The molecule has 1 aromatic rings. The Balaban J connectivity index is 1.75. The minimum Gasteiger partial charge on any atom is -0.496 e. The maximum absolute atomic E-state index is 13.4. The van der Waals surface area contributed by atoms with E-state index in [2.05, 4.69) is 5.32 Å². The van der Waals surface area contributed by atoms with Crippen molar-refractivity contribution in [1.29, 1.82) is 0 Å². The fourth-order valence-corrected chi connectivity index (χ4v) is 3.52. The molecule has 1 aliphatic heterocycles. The van der Waals surface area contributed by atoms with E-state index in [1.54, 1.807) is 7.11 Å². The van der Waals surface area contributed by atoms with Crippen LogP contribution in [0.25, 0.3) is 0 Å². The summed E-state index contributed by atoms with van der Waals surface area (Å²) in [5, 5.41) is 3.00. The van der Waals surface area contributed by atoms with Crippen LogP contribution in [0.4, 0.5) is 4.39 Å². The lowest BCUT2D eigenvalue weighted by molar-refractivity contribution is -0.0809. The van der Waals surface area contributed by atoms with Gasteiger partial charge in [0, 0.05) is 31.6 Å². The van der Waals surface area contributed by atoms with Gasteiger partial charge >= 0.3 is 0 Å². The summed E-state index contributed by atoms with van der Waals surface area (Å²) in [7, 11) is 3.10. The summed E-state index contributed by atoms with van der Waals surface area (Å²) in [4.78, 5) is 12.5. The lowest BCUT2D eigenvalue weighted by Crippen LogP contribution is -2.62. The molecule has 1 amide bonds. The summed E-state index contributed by atoms with van der Waals surface area (Å²) in [6.07, 6.45) is 1.08. The van der Waals surface area contributed by atoms with Crippen molar-refractivity contribution >= 4 is 5.91 Å². The van der Waals surface area contributed by atoms with Gasteiger partial charge in [-0.2, -0.15) is 0 Å².